The molecular weight excluding hydrogens is 275 g/mol. The highest BCUT2D eigenvalue weighted by atomic mass is 19.1. The summed E-state index contributed by atoms with van der Waals surface area (Å²) in [4.78, 5) is 13.1. The maximum atomic E-state index is 13.6. The fourth-order valence-electron chi connectivity index (χ4n) is 3.66. The van der Waals surface area contributed by atoms with Gasteiger partial charge in [-0.05, 0) is 26.2 Å². The van der Waals surface area contributed by atoms with Gasteiger partial charge in [-0.15, -0.1) is 0 Å². The second-order valence-corrected chi connectivity index (χ2v) is 6.00. The van der Waals surface area contributed by atoms with Crippen molar-refractivity contribution in [3.05, 3.63) is 17.0 Å². The molecule has 7 heteroatoms. The topological polar surface area (TPSA) is 84.4 Å². The Morgan fingerprint density at radius 1 is 1.57 bits per heavy atom. The minimum atomic E-state index is -0.665. The molecule has 3 atom stereocenters. The van der Waals surface area contributed by atoms with Crippen molar-refractivity contribution in [2.24, 2.45) is 5.73 Å². The third kappa shape index (κ3) is 2.29. The van der Waals surface area contributed by atoms with Crippen LogP contribution in [0.25, 0.3) is 0 Å². The maximum Gasteiger partial charge on any atom is 0.315 e. The minimum absolute atomic E-state index is 0.167. The molecule has 3 heterocycles. The molecule has 116 valence electrons. The van der Waals surface area contributed by atoms with Gasteiger partial charge >= 0.3 is 6.03 Å². The monoisotopic (exact) mass is 296 g/mol. The number of carbonyl (C=O) groups is 1. The zero-order valence-electron chi connectivity index (χ0n) is 12.1. The molecule has 6 nitrogen and oxygen atoms in total. The van der Waals surface area contributed by atoms with Crippen LogP contribution >= 0.6 is 0 Å². The van der Waals surface area contributed by atoms with Gasteiger partial charge in [-0.1, -0.05) is 0 Å². The van der Waals surface area contributed by atoms with Crippen molar-refractivity contribution < 1.29 is 14.3 Å². The molecule has 0 bridgehead atoms. The molecule has 2 aliphatic heterocycles. The van der Waals surface area contributed by atoms with Crippen LogP contribution in [0.4, 0.5) is 9.18 Å². The third-order valence-electron chi connectivity index (χ3n) is 4.54. The summed E-state index contributed by atoms with van der Waals surface area (Å²) in [6.45, 7) is 1.63. The standard InChI is InChI=1S/C14H21FN4O2/c1-8-5-10-13(12(6-15)19(8)14(16)21)11-4-2-3-9(20)7-18(11)17-10/h8-9,12,20H,2-7H2,1H3,(H2,16,21). The molecule has 3 N–H and O–H groups in total. The highest BCUT2D eigenvalue weighted by Crippen LogP contribution is 2.37. The molecule has 2 aliphatic rings. The van der Waals surface area contributed by atoms with Crippen LogP contribution < -0.4 is 5.73 Å². The lowest BCUT2D eigenvalue weighted by Crippen LogP contribution is -2.49. The molecule has 0 saturated carbocycles. The van der Waals surface area contributed by atoms with Gasteiger partial charge in [-0.3, -0.25) is 4.68 Å². The van der Waals surface area contributed by atoms with Gasteiger partial charge in [0.15, 0.2) is 0 Å². The van der Waals surface area contributed by atoms with E-state index in [0.717, 1.165) is 29.8 Å². The molecule has 0 fully saturated rings. The Morgan fingerprint density at radius 2 is 2.33 bits per heavy atom. The van der Waals surface area contributed by atoms with Gasteiger partial charge in [-0.2, -0.15) is 5.10 Å². The molecule has 3 unspecified atom stereocenters. The zero-order valence-corrected chi connectivity index (χ0v) is 12.1. The minimum Gasteiger partial charge on any atom is -0.391 e. The Balaban J connectivity index is 2.08. The number of halogens is 1. The lowest BCUT2D eigenvalue weighted by Gasteiger charge is -2.38. The lowest BCUT2D eigenvalue weighted by atomic mass is 9.91. The average Bonchev–Trinajstić information content (AvgIpc) is 2.63. The highest BCUT2D eigenvalue weighted by molar-refractivity contribution is 5.73. The van der Waals surface area contributed by atoms with Crippen molar-refractivity contribution >= 4 is 6.03 Å². The van der Waals surface area contributed by atoms with Gasteiger partial charge in [0.2, 0.25) is 0 Å². The van der Waals surface area contributed by atoms with Crippen LogP contribution in [0.5, 0.6) is 0 Å². The van der Waals surface area contributed by atoms with E-state index in [2.05, 4.69) is 5.10 Å². The number of nitrogens with two attached hydrogens (primary N) is 1. The number of primary amides is 1. The first kappa shape index (κ1) is 14.3. The van der Waals surface area contributed by atoms with Crippen LogP contribution in [0.2, 0.25) is 0 Å². The molecular formula is C14H21FN4O2. The number of alkyl halides is 1. The normalized spacial score (nSPS) is 28.7. The third-order valence-corrected chi connectivity index (χ3v) is 4.54. The number of nitrogens with zero attached hydrogens (tertiary/aromatic N) is 3. The molecule has 0 saturated heterocycles. The first-order chi connectivity index (χ1) is 10.0. The summed E-state index contributed by atoms with van der Waals surface area (Å²) in [5, 5.41) is 14.4. The summed E-state index contributed by atoms with van der Waals surface area (Å²) < 4.78 is 15.4. The number of urea groups is 1. The molecule has 21 heavy (non-hydrogen) atoms. The second kappa shape index (κ2) is 5.29. The summed E-state index contributed by atoms with van der Waals surface area (Å²) in [6.07, 6.45) is 2.46. The Labute approximate surface area is 122 Å². The number of rotatable bonds is 1. The summed E-state index contributed by atoms with van der Waals surface area (Å²) in [5.74, 6) is 0. The van der Waals surface area contributed by atoms with Gasteiger partial charge < -0.3 is 15.7 Å². The van der Waals surface area contributed by atoms with Crippen molar-refractivity contribution in [2.75, 3.05) is 6.67 Å². The number of hydrogen-bond donors (Lipinski definition) is 2. The van der Waals surface area contributed by atoms with E-state index in [1.54, 1.807) is 4.68 Å². The fraction of sp³-hybridized carbons (Fsp3) is 0.714. The van der Waals surface area contributed by atoms with E-state index in [1.807, 2.05) is 6.92 Å². The van der Waals surface area contributed by atoms with Crippen LogP contribution in [-0.2, 0) is 19.4 Å². The predicted octanol–water partition coefficient (Wildman–Crippen LogP) is 0.916. The van der Waals surface area contributed by atoms with Gasteiger partial charge in [0, 0.05) is 23.7 Å². The molecule has 0 radical (unpaired) electrons. The van der Waals surface area contributed by atoms with E-state index < -0.39 is 24.9 Å². The molecule has 3 rings (SSSR count). The highest BCUT2D eigenvalue weighted by Gasteiger charge is 2.39. The first-order valence-electron chi connectivity index (χ1n) is 7.43. The number of aromatic nitrogens is 2. The summed E-state index contributed by atoms with van der Waals surface area (Å²) >= 11 is 0. The number of aliphatic hydroxyl groups excluding tert-OH is 1. The molecule has 1 aromatic heterocycles. The van der Waals surface area contributed by atoms with Gasteiger partial charge in [0.05, 0.1) is 24.4 Å². The first-order valence-corrected chi connectivity index (χ1v) is 7.43. The Bertz CT molecular complexity index is 559. The molecule has 1 aromatic rings. The van der Waals surface area contributed by atoms with Gasteiger partial charge in [0.25, 0.3) is 0 Å². The van der Waals surface area contributed by atoms with E-state index in [-0.39, 0.29) is 6.04 Å². The predicted molar refractivity (Wildman–Crippen MR) is 74.5 cm³/mol. The van der Waals surface area contributed by atoms with Crippen LogP contribution in [0.15, 0.2) is 0 Å². The van der Waals surface area contributed by atoms with Crippen molar-refractivity contribution in [1.82, 2.24) is 14.7 Å². The van der Waals surface area contributed by atoms with Crippen LogP contribution in [0.3, 0.4) is 0 Å². The summed E-state index contributed by atoms with van der Waals surface area (Å²) in [5.41, 5.74) is 8.03. The number of amides is 2. The smallest absolute Gasteiger partial charge is 0.315 e. The maximum absolute atomic E-state index is 13.6. The van der Waals surface area contributed by atoms with Gasteiger partial charge in [-0.25, -0.2) is 9.18 Å². The number of fused-ring (bicyclic) bond motifs is 3. The second-order valence-electron chi connectivity index (χ2n) is 6.00. The Kier molecular flexibility index (Phi) is 3.61. The lowest BCUT2D eigenvalue weighted by molar-refractivity contribution is 0.130. The van der Waals surface area contributed by atoms with Crippen molar-refractivity contribution in [3.8, 4) is 0 Å². The molecule has 0 aliphatic carbocycles. The largest absolute Gasteiger partial charge is 0.391 e. The zero-order chi connectivity index (χ0) is 15.1. The molecule has 0 aromatic carbocycles. The van der Waals surface area contributed by atoms with E-state index in [9.17, 15) is 14.3 Å². The van der Waals surface area contributed by atoms with Crippen LogP contribution in [0.1, 0.15) is 42.8 Å². The van der Waals surface area contributed by atoms with Crippen molar-refractivity contribution in [3.63, 3.8) is 0 Å². The van der Waals surface area contributed by atoms with E-state index >= 15 is 0 Å². The SMILES string of the molecule is CC1Cc2nn3c(c2C(CF)N1C(N)=O)CCCC(O)C3. The molecule has 2 amide bonds. The number of aliphatic hydroxyl groups is 1. The van der Waals surface area contributed by atoms with Crippen molar-refractivity contribution in [2.45, 2.75) is 57.3 Å². The quantitative estimate of drug-likeness (QED) is 0.808. The van der Waals surface area contributed by atoms with E-state index in [0.29, 0.717) is 19.4 Å². The van der Waals surface area contributed by atoms with E-state index in [4.69, 9.17) is 5.73 Å². The van der Waals surface area contributed by atoms with Gasteiger partial charge in [0.1, 0.15) is 6.67 Å². The summed E-state index contributed by atoms with van der Waals surface area (Å²) in [6, 6.07) is -1.41. The Hall–Kier alpha value is -1.63. The van der Waals surface area contributed by atoms with Crippen LogP contribution in [-0.4, -0.2) is 44.6 Å². The Morgan fingerprint density at radius 3 is 3.00 bits per heavy atom. The number of carbonyl (C=O) groups excluding carboxylic acids is 1. The average molecular weight is 296 g/mol. The van der Waals surface area contributed by atoms with E-state index in [1.165, 1.54) is 4.90 Å². The summed E-state index contributed by atoms with van der Waals surface area (Å²) in [7, 11) is 0. The van der Waals surface area contributed by atoms with Crippen molar-refractivity contribution in [1.29, 1.82) is 0 Å². The molecule has 0 spiro atoms. The van der Waals surface area contributed by atoms with Crippen LogP contribution in [0, 0.1) is 0 Å². The fourth-order valence-corrected chi connectivity index (χ4v) is 3.66. The number of hydrogen-bond acceptors (Lipinski definition) is 3.